The molecular formula is C13H20N2O4. The summed E-state index contributed by atoms with van der Waals surface area (Å²) < 4.78 is 10.7. The fourth-order valence-corrected chi connectivity index (χ4v) is 1.61. The number of methoxy groups -OCH3 is 1. The maximum absolute atomic E-state index is 11.1. The quantitative estimate of drug-likeness (QED) is 0.607. The van der Waals surface area contributed by atoms with Crippen LogP contribution in [0.5, 0.6) is 11.5 Å². The summed E-state index contributed by atoms with van der Waals surface area (Å²) in [5, 5.41) is 14.1. The Morgan fingerprint density at radius 1 is 1.37 bits per heavy atom. The van der Waals surface area contributed by atoms with Crippen LogP contribution in [-0.4, -0.2) is 24.7 Å². The Labute approximate surface area is 112 Å². The van der Waals surface area contributed by atoms with E-state index >= 15 is 0 Å². The Morgan fingerprint density at radius 3 is 2.53 bits per heavy atom. The largest absolute Gasteiger partial charge is 0.493 e. The van der Waals surface area contributed by atoms with Crippen LogP contribution in [-0.2, 0) is 0 Å². The molecule has 6 heteroatoms. The number of nitro groups is 1. The maximum Gasteiger partial charge on any atom is 0.296 e. The lowest BCUT2D eigenvalue weighted by atomic mass is 10.2. The lowest BCUT2D eigenvalue weighted by Gasteiger charge is -2.15. The van der Waals surface area contributed by atoms with E-state index in [-0.39, 0.29) is 11.7 Å². The topological polar surface area (TPSA) is 73.6 Å². The van der Waals surface area contributed by atoms with Crippen LogP contribution in [0.1, 0.15) is 27.2 Å². The molecule has 0 aromatic heterocycles. The van der Waals surface area contributed by atoms with E-state index < -0.39 is 4.92 Å². The van der Waals surface area contributed by atoms with Crippen molar-refractivity contribution in [1.82, 2.24) is 0 Å². The number of rotatable bonds is 7. The lowest BCUT2D eigenvalue weighted by molar-refractivity contribution is -0.384. The Kier molecular flexibility index (Phi) is 5.41. The minimum absolute atomic E-state index is 0.0191. The molecule has 1 N–H and O–H groups in total. The van der Waals surface area contributed by atoms with Crippen LogP contribution < -0.4 is 14.8 Å². The average molecular weight is 268 g/mol. The maximum atomic E-state index is 11.1. The Balaban J connectivity index is 3.21. The van der Waals surface area contributed by atoms with E-state index in [0.29, 0.717) is 23.8 Å². The van der Waals surface area contributed by atoms with E-state index in [2.05, 4.69) is 5.32 Å². The number of nitrogens with one attached hydrogen (secondary N) is 1. The van der Waals surface area contributed by atoms with Crippen molar-refractivity contribution in [3.05, 3.63) is 22.2 Å². The summed E-state index contributed by atoms with van der Waals surface area (Å²) in [6, 6.07) is 3.09. The van der Waals surface area contributed by atoms with E-state index in [1.54, 1.807) is 6.07 Å². The molecule has 19 heavy (non-hydrogen) atoms. The van der Waals surface area contributed by atoms with E-state index in [4.69, 9.17) is 9.47 Å². The Morgan fingerprint density at radius 2 is 2.05 bits per heavy atom. The first-order valence-corrected chi connectivity index (χ1v) is 6.25. The van der Waals surface area contributed by atoms with Gasteiger partial charge in [0.05, 0.1) is 24.7 Å². The fraction of sp³-hybridized carbons (Fsp3) is 0.538. The number of hydrogen-bond donors (Lipinski definition) is 1. The zero-order valence-electron chi connectivity index (χ0n) is 11.7. The van der Waals surface area contributed by atoms with Gasteiger partial charge < -0.3 is 14.8 Å². The van der Waals surface area contributed by atoms with Crippen molar-refractivity contribution in [1.29, 1.82) is 0 Å². The molecule has 1 rings (SSSR count). The number of benzene rings is 1. The molecule has 6 nitrogen and oxygen atoms in total. The zero-order chi connectivity index (χ0) is 14.4. The summed E-state index contributed by atoms with van der Waals surface area (Å²) in [4.78, 5) is 10.6. The average Bonchev–Trinajstić information content (AvgIpc) is 2.35. The molecule has 0 saturated carbocycles. The van der Waals surface area contributed by atoms with Gasteiger partial charge in [-0.2, -0.15) is 0 Å². The van der Waals surface area contributed by atoms with Gasteiger partial charge in [0, 0.05) is 12.1 Å². The summed E-state index contributed by atoms with van der Waals surface area (Å²) in [6.07, 6.45) is 0.854. The van der Waals surface area contributed by atoms with Crippen LogP contribution in [0.25, 0.3) is 0 Å². The number of hydrogen-bond acceptors (Lipinski definition) is 5. The predicted octanol–water partition coefficient (Wildman–Crippen LogP) is 3.21. The number of ether oxygens (including phenoxy) is 2. The molecule has 0 heterocycles. The highest BCUT2D eigenvalue weighted by atomic mass is 16.6. The van der Waals surface area contributed by atoms with Crippen molar-refractivity contribution in [2.24, 2.45) is 0 Å². The van der Waals surface area contributed by atoms with Crippen LogP contribution in [0.4, 0.5) is 11.4 Å². The van der Waals surface area contributed by atoms with Crippen LogP contribution in [0.3, 0.4) is 0 Å². The SMILES string of the molecule is CCCOc1cc(NC(C)C)c([N+](=O)[O-])cc1OC. The van der Waals surface area contributed by atoms with Crippen LogP contribution in [0, 0.1) is 10.1 Å². The second kappa shape index (κ2) is 6.82. The van der Waals surface area contributed by atoms with E-state index in [1.807, 2.05) is 20.8 Å². The van der Waals surface area contributed by atoms with Gasteiger partial charge in [-0.3, -0.25) is 10.1 Å². The standard InChI is InChI=1S/C13H20N2O4/c1-5-6-19-13-7-10(14-9(2)3)11(15(16)17)8-12(13)18-4/h7-9,14H,5-6H2,1-4H3. The number of nitro benzene ring substituents is 1. The first kappa shape index (κ1) is 15.1. The molecule has 106 valence electrons. The summed E-state index contributed by atoms with van der Waals surface area (Å²) in [6.45, 7) is 6.36. The predicted molar refractivity (Wildman–Crippen MR) is 74.2 cm³/mol. The molecule has 0 atom stereocenters. The van der Waals surface area contributed by atoms with Crippen LogP contribution in [0.2, 0.25) is 0 Å². The second-order valence-electron chi connectivity index (χ2n) is 4.42. The minimum atomic E-state index is -0.434. The molecule has 0 bridgehead atoms. The Hall–Kier alpha value is -1.98. The van der Waals surface area contributed by atoms with Gasteiger partial charge in [-0.05, 0) is 20.3 Å². The summed E-state index contributed by atoms with van der Waals surface area (Å²) in [5.41, 5.74) is 0.418. The fourth-order valence-electron chi connectivity index (χ4n) is 1.61. The molecule has 0 spiro atoms. The third-order valence-electron chi connectivity index (χ3n) is 2.38. The zero-order valence-corrected chi connectivity index (χ0v) is 11.7. The van der Waals surface area contributed by atoms with Crippen molar-refractivity contribution in [2.45, 2.75) is 33.2 Å². The van der Waals surface area contributed by atoms with Crippen LogP contribution in [0.15, 0.2) is 12.1 Å². The molecular weight excluding hydrogens is 248 g/mol. The first-order chi connectivity index (χ1) is 8.99. The first-order valence-electron chi connectivity index (χ1n) is 6.25. The molecule has 0 fully saturated rings. The van der Waals surface area contributed by atoms with Crippen molar-refractivity contribution in [3.63, 3.8) is 0 Å². The molecule has 0 saturated heterocycles. The van der Waals surface area contributed by atoms with Gasteiger partial charge >= 0.3 is 0 Å². The van der Waals surface area contributed by atoms with Gasteiger partial charge in [0.1, 0.15) is 5.69 Å². The highest BCUT2D eigenvalue weighted by Gasteiger charge is 2.20. The van der Waals surface area contributed by atoms with Gasteiger partial charge in [-0.15, -0.1) is 0 Å². The smallest absolute Gasteiger partial charge is 0.296 e. The summed E-state index contributed by atoms with van der Waals surface area (Å²) in [7, 11) is 1.47. The molecule has 0 unspecified atom stereocenters. The molecule has 0 aliphatic heterocycles. The third-order valence-corrected chi connectivity index (χ3v) is 2.38. The normalized spacial score (nSPS) is 10.4. The third kappa shape index (κ3) is 4.01. The van der Waals surface area contributed by atoms with E-state index in [1.165, 1.54) is 13.2 Å². The second-order valence-corrected chi connectivity index (χ2v) is 4.42. The molecule has 0 radical (unpaired) electrons. The molecule has 0 amide bonds. The van der Waals surface area contributed by atoms with Gasteiger partial charge in [-0.1, -0.05) is 6.92 Å². The van der Waals surface area contributed by atoms with Gasteiger partial charge in [0.25, 0.3) is 5.69 Å². The monoisotopic (exact) mass is 268 g/mol. The molecule has 1 aromatic carbocycles. The molecule has 0 aliphatic rings. The van der Waals surface area contributed by atoms with E-state index in [0.717, 1.165) is 6.42 Å². The van der Waals surface area contributed by atoms with Crippen molar-refractivity contribution in [2.75, 3.05) is 19.0 Å². The lowest BCUT2D eigenvalue weighted by Crippen LogP contribution is -2.12. The van der Waals surface area contributed by atoms with Gasteiger partial charge in [0.2, 0.25) is 0 Å². The highest BCUT2D eigenvalue weighted by Crippen LogP contribution is 2.38. The summed E-state index contributed by atoms with van der Waals surface area (Å²) >= 11 is 0. The highest BCUT2D eigenvalue weighted by molar-refractivity contribution is 5.68. The summed E-state index contributed by atoms with van der Waals surface area (Å²) in [5.74, 6) is 0.882. The van der Waals surface area contributed by atoms with Crippen molar-refractivity contribution >= 4 is 11.4 Å². The molecule has 1 aromatic rings. The van der Waals surface area contributed by atoms with Gasteiger partial charge in [0.15, 0.2) is 11.5 Å². The minimum Gasteiger partial charge on any atom is -0.493 e. The van der Waals surface area contributed by atoms with Crippen LogP contribution >= 0.6 is 0 Å². The Bertz CT molecular complexity index is 447. The number of anilines is 1. The molecule has 0 aliphatic carbocycles. The van der Waals surface area contributed by atoms with E-state index in [9.17, 15) is 10.1 Å². The van der Waals surface area contributed by atoms with Crippen molar-refractivity contribution in [3.8, 4) is 11.5 Å². The van der Waals surface area contributed by atoms with Crippen molar-refractivity contribution < 1.29 is 14.4 Å². The van der Waals surface area contributed by atoms with Gasteiger partial charge in [-0.25, -0.2) is 0 Å². The number of nitrogens with zero attached hydrogens (tertiary/aromatic N) is 1.